The molecule has 0 unspecified atom stereocenters. The second-order valence-electron chi connectivity index (χ2n) is 5.03. The van der Waals surface area contributed by atoms with Crippen molar-refractivity contribution in [2.75, 3.05) is 13.2 Å². The Morgan fingerprint density at radius 1 is 1.22 bits per heavy atom. The van der Waals surface area contributed by atoms with Crippen LogP contribution in [-0.2, 0) is 9.53 Å². The molecule has 1 N–H and O–H groups in total. The number of amides is 1. The monoisotopic (exact) mass is 332 g/mol. The zero-order valence-corrected chi connectivity index (χ0v) is 13.4. The maximum atomic E-state index is 11.8. The van der Waals surface area contributed by atoms with Crippen molar-refractivity contribution < 1.29 is 14.3 Å². The molecule has 1 aromatic heterocycles. The summed E-state index contributed by atoms with van der Waals surface area (Å²) in [7, 11) is 0. The van der Waals surface area contributed by atoms with Crippen LogP contribution in [0.1, 0.15) is 28.8 Å². The fraction of sp³-hybridized carbons (Fsp3) is 0.235. The molecule has 2 aromatic rings. The third-order valence-corrected chi connectivity index (χ3v) is 3.59. The number of hydrogen-bond acceptors (Lipinski definition) is 4. The Balaban J connectivity index is 1.77. The van der Waals surface area contributed by atoms with Gasteiger partial charge in [0.2, 0.25) is 0 Å². The normalized spacial score (nSPS) is 11.6. The zero-order chi connectivity index (χ0) is 16.7. The molecule has 1 atom stereocenters. The molecule has 0 saturated carbocycles. The van der Waals surface area contributed by atoms with E-state index in [1.54, 1.807) is 6.07 Å². The third kappa shape index (κ3) is 5.07. The summed E-state index contributed by atoms with van der Waals surface area (Å²) in [5, 5.41) is 2.79. The molecular formula is C17H17ClN2O3. The van der Waals surface area contributed by atoms with Crippen LogP contribution in [0.25, 0.3) is 0 Å². The molecule has 0 aliphatic carbocycles. The first-order valence-electron chi connectivity index (χ1n) is 7.17. The molecule has 1 amide bonds. The van der Waals surface area contributed by atoms with Gasteiger partial charge in [0.25, 0.3) is 5.91 Å². The fourth-order valence-electron chi connectivity index (χ4n) is 1.96. The van der Waals surface area contributed by atoms with Gasteiger partial charge in [-0.1, -0.05) is 48.9 Å². The minimum Gasteiger partial charge on any atom is -0.452 e. The van der Waals surface area contributed by atoms with E-state index in [1.165, 1.54) is 12.3 Å². The van der Waals surface area contributed by atoms with Crippen molar-refractivity contribution in [3.63, 3.8) is 0 Å². The number of carbonyl (C=O) groups excluding carboxylic acids is 2. The Morgan fingerprint density at radius 3 is 2.65 bits per heavy atom. The molecule has 0 aliphatic rings. The lowest BCUT2D eigenvalue weighted by molar-refractivity contribution is -0.124. The third-order valence-electron chi connectivity index (χ3n) is 3.29. The quantitative estimate of drug-likeness (QED) is 0.652. The number of hydrogen-bond donors (Lipinski definition) is 1. The first-order valence-corrected chi connectivity index (χ1v) is 7.55. The number of benzene rings is 1. The smallest absolute Gasteiger partial charge is 0.341 e. The van der Waals surface area contributed by atoms with E-state index in [4.69, 9.17) is 16.3 Å². The largest absolute Gasteiger partial charge is 0.452 e. The van der Waals surface area contributed by atoms with Crippen molar-refractivity contribution >= 4 is 23.5 Å². The van der Waals surface area contributed by atoms with Gasteiger partial charge in [-0.05, 0) is 23.6 Å². The molecule has 0 radical (unpaired) electrons. The van der Waals surface area contributed by atoms with Crippen LogP contribution in [0.3, 0.4) is 0 Å². The lowest BCUT2D eigenvalue weighted by atomic mass is 10.0. The van der Waals surface area contributed by atoms with Crippen LogP contribution in [0.4, 0.5) is 0 Å². The molecular weight excluding hydrogens is 316 g/mol. The maximum Gasteiger partial charge on any atom is 0.341 e. The highest BCUT2D eigenvalue weighted by atomic mass is 35.5. The highest BCUT2D eigenvalue weighted by molar-refractivity contribution is 6.32. The van der Waals surface area contributed by atoms with Crippen molar-refractivity contribution in [2.24, 2.45) is 0 Å². The van der Waals surface area contributed by atoms with E-state index in [0.29, 0.717) is 6.54 Å². The van der Waals surface area contributed by atoms with E-state index < -0.39 is 5.97 Å². The molecule has 0 bridgehead atoms. The number of aromatic nitrogens is 1. The summed E-state index contributed by atoms with van der Waals surface area (Å²) < 4.78 is 4.93. The van der Waals surface area contributed by atoms with Gasteiger partial charge in [0.15, 0.2) is 6.61 Å². The average Bonchev–Trinajstić information content (AvgIpc) is 2.58. The molecule has 23 heavy (non-hydrogen) atoms. The number of nitrogens with zero attached hydrogens (tertiary/aromatic N) is 1. The molecule has 0 saturated heterocycles. The van der Waals surface area contributed by atoms with Gasteiger partial charge in [-0.2, -0.15) is 0 Å². The van der Waals surface area contributed by atoms with Gasteiger partial charge in [-0.15, -0.1) is 0 Å². The van der Waals surface area contributed by atoms with E-state index in [0.717, 1.165) is 5.56 Å². The predicted molar refractivity (Wildman–Crippen MR) is 87.4 cm³/mol. The van der Waals surface area contributed by atoms with Crippen LogP contribution in [0.2, 0.25) is 5.15 Å². The van der Waals surface area contributed by atoms with Crippen LogP contribution in [-0.4, -0.2) is 30.0 Å². The first-order chi connectivity index (χ1) is 11.1. The Hall–Kier alpha value is -2.40. The maximum absolute atomic E-state index is 11.8. The summed E-state index contributed by atoms with van der Waals surface area (Å²) in [5.41, 5.74) is 1.27. The Kier molecular flexibility index (Phi) is 6.11. The van der Waals surface area contributed by atoms with Crippen molar-refractivity contribution in [3.8, 4) is 0 Å². The Bertz CT molecular complexity index is 677. The number of carbonyl (C=O) groups is 2. The van der Waals surface area contributed by atoms with E-state index in [-0.39, 0.29) is 29.1 Å². The standard InChI is InChI=1S/C17H17ClN2O3/c1-12(13-6-3-2-4-7-13)10-20-15(21)11-23-17(22)14-8-5-9-19-16(14)18/h2-9,12H,10-11H2,1H3,(H,20,21)/t12-/m0/s1. The number of rotatable bonds is 6. The molecule has 6 heteroatoms. The van der Waals surface area contributed by atoms with Crippen LogP contribution in [0.5, 0.6) is 0 Å². The van der Waals surface area contributed by atoms with Gasteiger partial charge in [0.1, 0.15) is 5.15 Å². The minimum absolute atomic E-state index is 0.0515. The van der Waals surface area contributed by atoms with Gasteiger partial charge in [0, 0.05) is 12.7 Å². The Labute approximate surface area is 139 Å². The summed E-state index contributed by atoms with van der Waals surface area (Å²) in [5.74, 6) is -0.862. The second kappa shape index (κ2) is 8.29. The predicted octanol–water partition coefficient (Wildman–Crippen LogP) is 2.81. The van der Waals surface area contributed by atoms with Crippen LogP contribution < -0.4 is 5.32 Å². The molecule has 5 nitrogen and oxygen atoms in total. The summed E-state index contributed by atoms with van der Waals surface area (Å²) in [6, 6.07) is 12.9. The van der Waals surface area contributed by atoms with Crippen LogP contribution in [0, 0.1) is 0 Å². The summed E-state index contributed by atoms with van der Waals surface area (Å²) in [6.07, 6.45) is 1.47. The van der Waals surface area contributed by atoms with E-state index >= 15 is 0 Å². The number of esters is 1. The topological polar surface area (TPSA) is 68.3 Å². The minimum atomic E-state index is -0.672. The lowest BCUT2D eigenvalue weighted by Gasteiger charge is -2.13. The van der Waals surface area contributed by atoms with Crippen molar-refractivity contribution in [2.45, 2.75) is 12.8 Å². The highest BCUT2D eigenvalue weighted by Crippen LogP contribution is 2.13. The van der Waals surface area contributed by atoms with Gasteiger partial charge in [0.05, 0.1) is 5.56 Å². The fourth-order valence-corrected chi connectivity index (χ4v) is 2.16. The first kappa shape index (κ1) is 17.0. The average molecular weight is 333 g/mol. The molecule has 120 valence electrons. The van der Waals surface area contributed by atoms with Crippen LogP contribution >= 0.6 is 11.6 Å². The summed E-state index contributed by atoms with van der Waals surface area (Å²) in [4.78, 5) is 27.3. The number of halogens is 1. The molecule has 2 rings (SSSR count). The van der Waals surface area contributed by atoms with Gasteiger partial charge >= 0.3 is 5.97 Å². The van der Waals surface area contributed by atoms with Crippen LogP contribution in [0.15, 0.2) is 48.7 Å². The number of pyridine rings is 1. The van der Waals surface area contributed by atoms with Gasteiger partial charge in [-0.25, -0.2) is 9.78 Å². The van der Waals surface area contributed by atoms with Gasteiger partial charge < -0.3 is 10.1 Å². The number of ether oxygens (including phenoxy) is 1. The number of nitrogens with one attached hydrogen (secondary N) is 1. The van der Waals surface area contributed by atoms with Crippen molar-refractivity contribution in [1.82, 2.24) is 10.3 Å². The molecule has 0 aliphatic heterocycles. The Morgan fingerprint density at radius 2 is 1.96 bits per heavy atom. The van der Waals surface area contributed by atoms with E-state index in [1.807, 2.05) is 37.3 Å². The molecule has 0 fully saturated rings. The highest BCUT2D eigenvalue weighted by Gasteiger charge is 2.14. The second-order valence-corrected chi connectivity index (χ2v) is 5.39. The molecule has 0 spiro atoms. The summed E-state index contributed by atoms with van der Waals surface area (Å²) in [6.45, 7) is 2.12. The summed E-state index contributed by atoms with van der Waals surface area (Å²) >= 11 is 5.79. The lowest BCUT2D eigenvalue weighted by Crippen LogP contribution is -2.31. The van der Waals surface area contributed by atoms with Crippen molar-refractivity contribution in [3.05, 3.63) is 64.9 Å². The van der Waals surface area contributed by atoms with Crippen molar-refractivity contribution in [1.29, 1.82) is 0 Å². The molecule has 1 aromatic carbocycles. The van der Waals surface area contributed by atoms with Gasteiger partial charge in [-0.3, -0.25) is 4.79 Å². The molecule has 1 heterocycles. The SMILES string of the molecule is C[C@@H](CNC(=O)COC(=O)c1cccnc1Cl)c1ccccc1. The zero-order valence-electron chi connectivity index (χ0n) is 12.7. The van der Waals surface area contributed by atoms with E-state index in [2.05, 4.69) is 10.3 Å². The van der Waals surface area contributed by atoms with E-state index in [9.17, 15) is 9.59 Å².